The molecule has 4 nitrogen and oxygen atoms in total. The number of rotatable bonds is 6. The van der Waals surface area contributed by atoms with Crippen LogP contribution in [-0.4, -0.2) is 25.1 Å². The maximum absolute atomic E-state index is 8.94. The number of hydrogen-bond donors (Lipinski definition) is 0. The topological polar surface area (TPSA) is 60.1 Å². The maximum Gasteiger partial charge on any atom is 0.136 e. The van der Waals surface area contributed by atoms with E-state index in [1.54, 1.807) is 13.2 Å². The van der Waals surface area contributed by atoms with Gasteiger partial charge in [-0.05, 0) is 31.2 Å². The zero-order chi connectivity index (χ0) is 14.3. The normalized spacial score (nSPS) is 11.7. The molecule has 1 rings (SSSR count). The van der Waals surface area contributed by atoms with E-state index in [-0.39, 0.29) is 5.92 Å². The molecule has 1 unspecified atom stereocenters. The van der Waals surface area contributed by atoms with Crippen molar-refractivity contribution in [2.24, 2.45) is 5.92 Å². The largest absolute Gasteiger partial charge is 0.495 e. The number of benzene rings is 1. The fourth-order valence-corrected chi connectivity index (χ4v) is 1.92. The molecule has 0 aliphatic heterocycles. The van der Waals surface area contributed by atoms with E-state index in [2.05, 4.69) is 24.0 Å². The Morgan fingerprint density at radius 2 is 2.11 bits per heavy atom. The molecule has 0 saturated heterocycles. The van der Waals surface area contributed by atoms with Gasteiger partial charge in [-0.2, -0.15) is 10.5 Å². The fraction of sp³-hybridized carbons (Fsp3) is 0.467. The third kappa shape index (κ3) is 4.28. The highest BCUT2D eigenvalue weighted by Gasteiger charge is 2.10. The number of nitriles is 2. The zero-order valence-electron chi connectivity index (χ0n) is 11.7. The minimum Gasteiger partial charge on any atom is -0.495 e. The molecule has 0 fully saturated rings. The molecule has 1 aromatic carbocycles. The van der Waals surface area contributed by atoms with Gasteiger partial charge >= 0.3 is 0 Å². The van der Waals surface area contributed by atoms with E-state index < -0.39 is 0 Å². The van der Waals surface area contributed by atoms with E-state index in [9.17, 15) is 0 Å². The van der Waals surface area contributed by atoms with Crippen LogP contribution in [0.2, 0.25) is 0 Å². The first-order valence-electron chi connectivity index (χ1n) is 6.33. The molecule has 1 atom stereocenters. The third-order valence-electron chi connectivity index (χ3n) is 2.99. The first kappa shape index (κ1) is 15.0. The lowest BCUT2D eigenvalue weighted by Crippen LogP contribution is -2.27. The first-order valence-corrected chi connectivity index (χ1v) is 6.33. The Bertz CT molecular complexity index is 499. The molecule has 0 saturated carbocycles. The van der Waals surface area contributed by atoms with E-state index >= 15 is 0 Å². The summed E-state index contributed by atoms with van der Waals surface area (Å²) in [5.41, 5.74) is 1.63. The molecule has 0 amide bonds. The van der Waals surface area contributed by atoms with Gasteiger partial charge in [-0.25, -0.2) is 0 Å². The van der Waals surface area contributed by atoms with Crippen LogP contribution in [0.1, 0.15) is 25.0 Å². The summed E-state index contributed by atoms with van der Waals surface area (Å²) < 4.78 is 5.20. The Morgan fingerprint density at radius 1 is 1.37 bits per heavy atom. The predicted molar refractivity (Wildman–Crippen MR) is 73.4 cm³/mol. The van der Waals surface area contributed by atoms with Gasteiger partial charge in [0, 0.05) is 13.1 Å². The molecule has 0 aliphatic rings. The van der Waals surface area contributed by atoms with Gasteiger partial charge in [0.25, 0.3) is 0 Å². The number of ether oxygens (including phenoxy) is 1. The average molecular weight is 257 g/mol. The van der Waals surface area contributed by atoms with Crippen LogP contribution < -0.4 is 4.74 Å². The Kier molecular flexibility index (Phi) is 5.85. The van der Waals surface area contributed by atoms with Crippen LogP contribution in [0, 0.1) is 28.6 Å². The molecule has 4 heteroatoms. The molecule has 0 N–H and O–H groups in total. The van der Waals surface area contributed by atoms with Gasteiger partial charge in [0.15, 0.2) is 0 Å². The van der Waals surface area contributed by atoms with Crippen molar-refractivity contribution in [1.29, 1.82) is 10.5 Å². The maximum atomic E-state index is 8.94. The molecular weight excluding hydrogens is 238 g/mol. The molecule has 19 heavy (non-hydrogen) atoms. The first-order chi connectivity index (χ1) is 9.14. The Balaban J connectivity index is 2.81. The standard InChI is InChI=1S/C15H19N3O/c1-4-18(10-12(2)8-16)11-13-5-6-14(9-17)15(7-13)19-3/h5-7,12H,4,10-11H2,1-3H3. The summed E-state index contributed by atoms with van der Waals surface area (Å²) in [6, 6.07) is 9.94. The van der Waals surface area contributed by atoms with Gasteiger partial charge in [-0.3, -0.25) is 4.90 Å². The smallest absolute Gasteiger partial charge is 0.136 e. The van der Waals surface area contributed by atoms with Crippen molar-refractivity contribution >= 4 is 0 Å². The van der Waals surface area contributed by atoms with E-state index in [1.807, 2.05) is 19.1 Å². The summed E-state index contributed by atoms with van der Waals surface area (Å²) in [5, 5.41) is 17.8. The van der Waals surface area contributed by atoms with Gasteiger partial charge in [0.1, 0.15) is 11.8 Å². The van der Waals surface area contributed by atoms with Crippen LogP contribution in [0.3, 0.4) is 0 Å². The van der Waals surface area contributed by atoms with Crippen LogP contribution in [0.25, 0.3) is 0 Å². The Labute approximate surface area is 114 Å². The van der Waals surface area contributed by atoms with Gasteiger partial charge < -0.3 is 4.74 Å². The third-order valence-corrected chi connectivity index (χ3v) is 2.99. The molecule has 1 aromatic rings. The van der Waals surface area contributed by atoms with Crippen molar-refractivity contribution in [1.82, 2.24) is 4.90 Å². The van der Waals surface area contributed by atoms with Gasteiger partial charge in [-0.15, -0.1) is 0 Å². The highest BCUT2D eigenvalue weighted by molar-refractivity contribution is 5.45. The van der Waals surface area contributed by atoms with Crippen molar-refractivity contribution in [3.63, 3.8) is 0 Å². The van der Waals surface area contributed by atoms with Gasteiger partial charge in [0.2, 0.25) is 0 Å². The fourth-order valence-electron chi connectivity index (χ4n) is 1.92. The van der Waals surface area contributed by atoms with Crippen molar-refractivity contribution in [3.8, 4) is 17.9 Å². The van der Waals surface area contributed by atoms with Gasteiger partial charge in [0.05, 0.1) is 24.7 Å². The van der Waals surface area contributed by atoms with Gasteiger partial charge in [-0.1, -0.05) is 13.0 Å². The van der Waals surface area contributed by atoms with Crippen molar-refractivity contribution in [2.75, 3.05) is 20.2 Å². The lowest BCUT2D eigenvalue weighted by atomic mass is 10.1. The lowest BCUT2D eigenvalue weighted by molar-refractivity contribution is 0.260. The second kappa shape index (κ2) is 7.41. The minimum atomic E-state index is 0.0141. The van der Waals surface area contributed by atoms with Crippen molar-refractivity contribution < 1.29 is 4.74 Å². The molecular formula is C15H19N3O. The summed E-state index contributed by atoms with van der Waals surface area (Å²) in [6.45, 7) is 6.38. The number of hydrogen-bond acceptors (Lipinski definition) is 4. The summed E-state index contributed by atoms with van der Waals surface area (Å²) in [7, 11) is 1.56. The molecule has 100 valence electrons. The molecule has 0 aromatic heterocycles. The van der Waals surface area contributed by atoms with E-state index in [1.165, 1.54) is 0 Å². The highest BCUT2D eigenvalue weighted by Crippen LogP contribution is 2.20. The minimum absolute atomic E-state index is 0.0141. The van der Waals surface area contributed by atoms with Crippen LogP contribution in [-0.2, 0) is 6.54 Å². The second-order valence-electron chi connectivity index (χ2n) is 4.50. The van der Waals surface area contributed by atoms with E-state index in [0.29, 0.717) is 11.3 Å². The summed E-state index contributed by atoms with van der Waals surface area (Å²) >= 11 is 0. The summed E-state index contributed by atoms with van der Waals surface area (Å²) in [4.78, 5) is 2.20. The molecule has 0 spiro atoms. The SMILES string of the molecule is CCN(Cc1ccc(C#N)c(OC)c1)CC(C)C#N. The van der Waals surface area contributed by atoms with E-state index in [4.69, 9.17) is 15.3 Å². The molecule has 0 aliphatic carbocycles. The molecule has 0 heterocycles. The summed E-state index contributed by atoms with van der Waals surface area (Å²) in [5.74, 6) is 0.615. The van der Waals surface area contributed by atoms with Crippen LogP contribution in [0.5, 0.6) is 5.75 Å². The Morgan fingerprint density at radius 3 is 2.63 bits per heavy atom. The Hall–Kier alpha value is -2.04. The van der Waals surface area contributed by atoms with Crippen LogP contribution in [0.15, 0.2) is 18.2 Å². The highest BCUT2D eigenvalue weighted by atomic mass is 16.5. The number of nitrogens with zero attached hydrogens (tertiary/aromatic N) is 3. The van der Waals surface area contributed by atoms with Crippen LogP contribution in [0.4, 0.5) is 0 Å². The summed E-state index contributed by atoms with van der Waals surface area (Å²) in [6.07, 6.45) is 0. The average Bonchev–Trinajstić information content (AvgIpc) is 2.45. The van der Waals surface area contributed by atoms with E-state index in [0.717, 1.165) is 25.2 Å². The lowest BCUT2D eigenvalue weighted by Gasteiger charge is -2.21. The van der Waals surface area contributed by atoms with Crippen molar-refractivity contribution in [2.45, 2.75) is 20.4 Å². The van der Waals surface area contributed by atoms with Crippen LogP contribution >= 0.6 is 0 Å². The monoisotopic (exact) mass is 257 g/mol. The second-order valence-corrected chi connectivity index (χ2v) is 4.50. The molecule has 0 radical (unpaired) electrons. The number of methoxy groups -OCH3 is 1. The van der Waals surface area contributed by atoms with Crippen molar-refractivity contribution in [3.05, 3.63) is 29.3 Å². The quantitative estimate of drug-likeness (QED) is 0.785. The predicted octanol–water partition coefficient (Wildman–Crippen LogP) is 2.55. The molecule has 0 bridgehead atoms. The zero-order valence-corrected chi connectivity index (χ0v) is 11.7.